The van der Waals surface area contributed by atoms with Crippen LogP contribution in [0, 0.1) is 0 Å². The average Bonchev–Trinajstić information content (AvgIpc) is 2.70. The van der Waals surface area contributed by atoms with Crippen LogP contribution in [0.5, 0.6) is 0 Å². The van der Waals surface area contributed by atoms with Crippen molar-refractivity contribution in [2.75, 3.05) is 0 Å². The molecule has 0 fully saturated rings. The molecule has 2 aromatic rings. The van der Waals surface area contributed by atoms with Crippen molar-refractivity contribution < 1.29 is 0 Å². The van der Waals surface area contributed by atoms with Crippen molar-refractivity contribution in [2.24, 2.45) is 0 Å². The van der Waals surface area contributed by atoms with Crippen LogP contribution in [0.3, 0.4) is 0 Å². The second-order valence-corrected chi connectivity index (χ2v) is 4.91. The van der Waals surface area contributed by atoms with E-state index in [1.165, 1.54) is 11.5 Å². The summed E-state index contributed by atoms with van der Waals surface area (Å²) in [7, 11) is 0. The molecule has 0 atom stereocenters. The maximum absolute atomic E-state index is 5.92. The Morgan fingerprint density at radius 2 is 2.07 bits per heavy atom. The lowest BCUT2D eigenvalue weighted by molar-refractivity contribution is 1.15. The van der Waals surface area contributed by atoms with Gasteiger partial charge in [-0.25, -0.2) is 4.98 Å². The molecule has 1 heterocycles. The Bertz CT molecular complexity index is 487. The quantitative estimate of drug-likeness (QED) is 0.765. The minimum absolute atomic E-state index is 0.532. The van der Waals surface area contributed by atoms with Crippen LogP contribution in [0.1, 0.15) is 5.82 Å². The number of hydrogen-bond acceptors (Lipinski definition) is 3. The highest BCUT2D eigenvalue weighted by Crippen LogP contribution is 2.29. The summed E-state index contributed by atoms with van der Waals surface area (Å²) in [6.45, 7) is 0. The van der Waals surface area contributed by atoms with Gasteiger partial charge in [0, 0.05) is 5.56 Å². The molecule has 0 N–H and O–H groups in total. The molecular formula is C9H5BrCl2N2S. The van der Waals surface area contributed by atoms with Crippen molar-refractivity contribution in [2.45, 2.75) is 5.33 Å². The van der Waals surface area contributed by atoms with Crippen LogP contribution in [0.4, 0.5) is 0 Å². The largest absolute Gasteiger partial charge is 0.218 e. The Morgan fingerprint density at radius 1 is 1.27 bits per heavy atom. The third kappa shape index (κ3) is 2.50. The molecule has 0 unspecified atom stereocenters. The van der Waals surface area contributed by atoms with Gasteiger partial charge in [0.15, 0.2) is 5.82 Å². The first-order valence-corrected chi connectivity index (χ1v) is 6.70. The van der Waals surface area contributed by atoms with E-state index in [9.17, 15) is 0 Å². The SMILES string of the molecule is Clc1ccc(-c2nc(CBr)ns2)cc1Cl. The second kappa shape index (κ2) is 4.78. The maximum atomic E-state index is 5.92. The minimum Gasteiger partial charge on any atom is -0.218 e. The van der Waals surface area contributed by atoms with Gasteiger partial charge in [0.25, 0.3) is 0 Å². The van der Waals surface area contributed by atoms with E-state index >= 15 is 0 Å². The zero-order chi connectivity index (χ0) is 10.8. The molecule has 1 aromatic carbocycles. The standard InChI is InChI=1S/C9H5BrCl2N2S/c10-4-8-13-9(15-14-8)5-1-2-6(11)7(12)3-5/h1-3H,4H2. The number of alkyl halides is 1. The fourth-order valence-corrected chi connectivity index (χ4v) is 2.45. The van der Waals surface area contributed by atoms with Crippen molar-refractivity contribution in [1.82, 2.24) is 9.36 Å². The molecule has 15 heavy (non-hydrogen) atoms. The first-order chi connectivity index (χ1) is 7.20. The van der Waals surface area contributed by atoms with E-state index in [1.807, 2.05) is 6.07 Å². The van der Waals surface area contributed by atoms with Gasteiger partial charge in [-0.1, -0.05) is 45.2 Å². The Kier molecular flexibility index (Phi) is 3.61. The zero-order valence-electron chi connectivity index (χ0n) is 7.38. The Labute approximate surface area is 110 Å². The van der Waals surface area contributed by atoms with Gasteiger partial charge in [-0.3, -0.25) is 0 Å². The maximum Gasteiger partial charge on any atom is 0.153 e. The number of nitrogens with zero attached hydrogens (tertiary/aromatic N) is 2. The molecule has 0 radical (unpaired) electrons. The lowest BCUT2D eigenvalue weighted by atomic mass is 10.2. The summed E-state index contributed by atoms with van der Waals surface area (Å²) >= 11 is 16.4. The van der Waals surface area contributed by atoms with Gasteiger partial charge < -0.3 is 0 Å². The van der Waals surface area contributed by atoms with Gasteiger partial charge in [0.2, 0.25) is 0 Å². The van der Waals surface area contributed by atoms with E-state index < -0.39 is 0 Å². The number of aromatic nitrogens is 2. The first kappa shape index (κ1) is 11.3. The monoisotopic (exact) mass is 322 g/mol. The molecule has 0 saturated carbocycles. The van der Waals surface area contributed by atoms with Gasteiger partial charge >= 0.3 is 0 Å². The molecule has 0 bridgehead atoms. The molecule has 0 aliphatic carbocycles. The summed E-state index contributed by atoms with van der Waals surface area (Å²) in [4.78, 5) is 4.33. The fraction of sp³-hybridized carbons (Fsp3) is 0.111. The molecule has 6 heteroatoms. The van der Waals surface area contributed by atoms with Crippen molar-refractivity contribution >= 4 is 50.7 Å². The van der Waals surface area contributed by atoms with Crippen LogP contribution in [0.25, 0.3) is 10.6 Å². The van der Waals surface area contributed by atoms with E-state index in [-0.39, 0.29) is 0 Å². The first-order valence-electron chi connectivity index (χ1n) is 4.04. The van der Waals surface area contributed by atoms with Crippen LogP contribution < -0.4 is 0 Å². The predicted octanol–water partition coefficient (Wildman–Crippen LogP) is 4.41. The molecule has 0 aliphatic heterocycles. The summed E-state index contributed by atoms with van der Waals surface area (Å²) in [6, 6.07) is 5.43. The molecule has 78 valence electrons. The second-order valence-electron chi connectivity index (χ2n) is 2.78. The van der Waals surface area contributed by atoms with Crippen LogP contribution >= 0.6 is 50.7 Å². The summed E-state index contributed by atoms with van der Waals surface area (Å²) in [5.74, 6) is 0.779. The third-order valence-electron chi connectivity index (χ3n) is 1.75. The molecule has 2 rings (SSSR count). The summed E-state index contributed by atoms with van der Waals surface area (Å²) < 4.78 is 4.17. The highest BCUT2D eigenvalue weighted by atomic mass is 79.9. The van der Waals surface area contributed by atoms with Gasteiger partial charge in [0.1, 0.15) is 5.01 Å². The number of halogens is 3. The molecule has 0 spiro atoms. The molecular weight excluding hydrogens is 319 g/mol. The molecule has 0 amide bonds. The number of benzene rings is 1. The van der Waals surface area contributed by atoms with Crippen LogP contribution in [-0.2, 0) is 5.33 Å². The topological polar surface area (TPSA) is 25.8 Å². The van der Waals surface area contributed by atoms with Crippen molar-refractivity contribution in [3.05, 3.63) is 34.1 Å². The molecule has 2 nitrogen and oxygen atoms in total. The van der Waals surface area contributed by atoms with Crippen LogP contribution in [0.2, 0.25) is 10.0 Å². The third-order valence-corrected chi connectivity index (χ3v) is 3.80. The normalized spacial score (nSPS) is 10.6. The number of hydrogen-bond donors (Lipinski definition) is 0. The zero-order valence-corrected chi connectivity index (χ0v) is 11.3. The van der Waals surface area contributed by atoms with Crippen molar-refractivity contribution in [1.29, 1.82) is 0 Å². The van der Waals surface area contributed by atoms with Crippen LogP contribution in [-0.4, -0.2) is 9.36 Å². The fourth-order valence-electron chi connectivity index (χ4n) is 1.05. The van der Waals surface area contributed by atoms with E-state index in [2.05, 4.69) is 25.3 Å². The minimum atomic E-state index is 0.532. The summed E-state index contributed by atoms with van der Waals surface area (Å²) in [5.41, 5.74) is 0.939. The molecule has 1 aromatic heterocycles. The smallest absolute Gasteiger partial charge is 0.153 e. The lowest BCUT2D eigenvalue weighted by Gasteiger charge is -1.98. The molecule has 0 saturated heterocycles. The predicted molar refractivity (Wildman–Crippen MR) is 68.0 cm³/mol. The Hall–Kier alpha value is -0.160. The van der Waals surface area contributed by atoms with E-state index in [0.29, 0.717) is 15.4 Å². The van der Waals surface area contributed by atoms with E-state index in [0.717, 1.165) is 16.4 Å². The van der Waals surface area contributed by atoms with Gasteiger partial charge in [-0.2, -0.15) is 4.37 Å². The van der Waals surface area contributed by atoms with Crippen LogP contribution in [0.15, 0.2) is 18.2 Å². The van der Waals surface area contributed by atoms with Gasteiger partial charge in [-0.15, -0.1) is 0 Å². The average molecular weight is 324 g/mol. The Balaban J connectivity index is 2.40. The number of rotatable bonds is 2. The highest BCUT2D eigenvalue weighted by Gasteiger charge is 2.07. The van der Waals surface area contributed by atoms with Gasteiger partial charge in [0.05, 0.1) is 15.4 Å². The van der Waals surface area contributed by atoms with Crippen molar-refractivity contribution in [3.8, 4) is 10.6 Å². The van der Waals surface area contributed by atoms with Gasteiger partial charge in [-0.05, 0) is 23.7 Å². The highest BCUT2D eigenvalue weighted by molar-refractivity contribution is 9.08. The lowest BCUT2D eigenvalue weighted by Crippen LogP contribution is -1.80. The van der Waals surface area contributed by atoms with Crippen molar-refractivity contribution in [3.63, 3.8) is 0 Å². The Morgan fingerprint density at radius 3 is 2.67 bits per heavy atom. The summed E-state index contributed by atoms with van der Waals surface area (Å²) in [5, 5.41) is 2.59. The summed E-state index contributed by atoms with van der Waals surface area (Å²) in [6.07, 6.45) is 0. The molecule has 0 aliphatic rings. The van der Waals surface area contributed by atoms with E-state index in [1.54, 1.807) is 12.1 Å². The van der Waals surface area contributed by atoms with E-state index in [4.69, 9.17) is 23.2 Å².